The van der Waals surface area contributed by atoms with Crippen molar-refractivity contribution in [1.29, 1.82) is 0 Å². The average molecular weight is 374 g/mol. The number of nitrogens with two attached hydrogens (primary N) is 2. The zero-order valence-electron chi connectivity index (χ0n) is 15.1. The van der Waals surface area contributed by atoms with Gasteiger partial charge in [0.2, 0.25) is 0 Å². The highest BCUT2D eigenvalue weighted by Gasteiger charge is 1.99. The molecule has 0 amide bonds. The van der Waals surface area contributed by atoms with Gasteiger partial charge in [0.1, 0.15) is 0 Å². The van der Waals surface area contributed by atoms with E-state index < -0.39 is 0 Å². The molecule has 5 aromatic rings. The molecule has 0 aliphatic carbocycles. The molecule has 6 heteroatoms. The van der Waals surface area contributed by atoms with Crippen LogP contribution in [0.3, 0.4) is 0 Å². The molecule has 0 saturated heterocycles. The fourth-order valence-corrected chi connectivity index (χ4v) is 2.92. The molecule has 0 aliphatic heterocycles. The standard InChI is InChI=1S/C12H8N2.C10H10N2.2H2O/c1-2-6-10-9(5-1)13-11-7-3-4-8-12(11)14-10;11-9-5-1-3-7-8(9)4-2-6-10(7)12;;/h1-8H;1-6H,11-12H2;2*1H2. The Morgan fingerprint density at radius 3 is 1.07 bits per heavy atom. The molecule has 0 aliphatic rings. The molecule has 1 heterocycles. The average Bonchev–Trinajstić information content (AvgIpc) is 2.68. The van der Waals surface area contributed by atoms with Crippen molar-refractivity contribution >= 4 is 44.2 Å². The second-order valence-electron chi connectivity index (χ2n) is 5.99. The lowest BCUT2D eigenvalue weighted by atomic mass is 10.1. The minimum absolute atomic E-state index is 0. The highest BCUT2D eigenvalue weighted by Crippen LogP contribution is 2.24. The third kappa shape index (κ3) is 3.98. The van der Waals surface area contributed by atoms with Gasteiger partial charge >= 0.3 is 0 Å². The molecule has 0 bridgehead atoms. The molecule has 0 saturated carbocycles. The van der Waals surface area contributed by atoms with E-state index in [0.717, 1.165) is 44.2 Å². The maximum Gasteiger partial charge on any atom is 0.0894 e. The van der Waals surface area contributed by atoms with E-state index in [2.05, 4.69) is 9.97 Å². The maximum atomic E-state index is 5.77. The van der Waals surface area contributed by atoms with Crippen LogP contribution in [0.1, 0.15) is 0 Å². The normalized spacial score (nSPS) is 9.86. The quantitative estimate of drug-likeness (QED) is 0.317. The zero-order chi connectivity index (χ0) is 17.9. The van der Waals surface area contributed by atoms with Crippen molar-refractivity contribution in [3.05, 3.63) is 84.9 Å². The van der Waals surface area contributed by atoms with Crippen molar-refractivity contribution < 1.29 is 11.0 Å². The minimum Gasteiger partial charge on any atom is -0.412 e. The summed E-state index contributed by atoms with van der Waals surface area (Å²) in [5, 5.41) is 2.05. The summed E-state index contributed by atoms with van der Waals surface area (Å²) in [6.07, 6.45) is 0. The lowest BCUT2D eigenvalue weighted by molar-refractivity contribution is 0.823. The predicted octanol–water partition coefficient (Wildman–Crippen LogP) is 3.14. The number of benzene rings is 4. The predicted molar refractivity (Wildman–Crippen MR) is 117 cm³/mol. The van der Waals surface area contributed by atoms with Gasteiger partial charge in [-0.15, -0.1) is 0 Å². The van der Waals surface area contributed by atoms with Crippen LogP contribution in [0.15, 0.2) is 84.9 Å². The number of hydrogen-bond donors (Lipinski definition) is 2. The van der Waals surface area contributed by atoms with Gasteiger partial charge in [0, 0.05) is 22.1 Å². The smallest absolute Gasteiger partial charge is 0.0894 e. The first-order chi connectivity index (χ1) is 12.7. The van der Waals surface area contributed by atoms with E-state index >= 15 is 0 Å². The van der Waals surface area contributed by atoms with Gasteiger partial charge in [-0.3, -0.25) is 0 Å². The van der Waals surface area contributed by atoms with Crippen molar-refractivity contribution in [2.24, 2.45) is 0 Å². The van der Waals surface area contributed by atoms with E-state index in [1.165, 1.54) is 0 Å². The van der Waals surface area contributed by atoms with Gasteiger partial charge in [0.05, 0.1) is 22.1 Å². The molecule has 28 heavy (non-hydrogen) atoms. The number of rotatable bonds is 0. The van der Waals surface area contributed by atoms with Crippen LogP contribution in [0.5, 0.6) is 0 Å². The van der Waals surface area contributed by atoms with Gasteiger partial charge < -0.3 is 22.4 Å². The van der Waals surface area contributed by atoms with Crippen LogP contribution in [0.2, 0.25) is 0 Å². The van der Waals surface area contributed by atoms with Crippen molar-refractivity contribution in [3.63, 3.8) is 0 Å². The van der Waals surface area contributed by atoms with E-state index in [-0.39, 0.29) is 11.0 Å². The second-order valence-corrected chi connectivity index (χ2v) is 5.99. The van der Waals surface area contributed by atoms with Crippen LogP contribution in [0.25, 0.3) is 32.8 Å². The van der Waals surface area contributed by atoms with Crippen LogP contribution in [0, 0.1) is 0 Å². The van der Waals surface area contributed by atoms with E-state index in [1.54, 1.807) is 0 Å². The summed E-state index contributed by atoms with van der Waals surface area (Å²) in [7, 11) is 0. The largest absolute Gasteiger partial charge is 0.412 e. The van der Waals surface area contributed by atoms with Crippen LogP contribution < -0.4 is 11.5 Å². The number of para-hydroxylation sites is 4. The molecule has 4 aromatic carbocycles. The summed E-state index contributed by atoms with van der Waals surface area (Å²) >= 11 is 0. The van der Waals surface area contributed by atoms with Gasteiger partial charge in [-0.1, -0.05) is 48.5 Å². The second kappa shape index (κ2) is 8.77. The molecule has 0 fully saturated rings. The third-order valence-corrected chi connectivity index (χ3v) is 4.23. The first-order valence-electron chi connectivity index (χ1n) is 8.36. The van der Waals surface area contributed by atoms with E-state index in [0.29, 0.717) is 0 Å². The Morgan fingerprint density at radius 1 is 0.429 bits per heavy atom. The van der Waals surface area contributed by atoms with Crippen LogP contribution in [-0.2, 0) is 0 Å². The monoisotopic (exact) mass is 374 g/mol. The Bertz CT molecular complexity index is 1080. The van der Waals surface area contributed by atoms with E-state index in [9.17, 15) is 0 Å². The van der Waals surface area contributed by atoms with Gasteiger partial charge in [-0.05, 0) is 36.4 Å². The highest BCUT2D eigenvalue weighted by molar-refractivity contribution is 5.99. The number of hydrogen-bond acceptors (Lipinski definition) is 4. The lowest BCUT2D eigenvalue weighted by Crippen LogP contribution is -1.90. The molecular formula is C22H22N4O2. The summed E-state index contributed by atoms with van der Waals surface area (Å²) in [6, 6.07) is 27.4. The fraction of sp³-hybridized carbons (Fsp3) is 0. The number of nitrogens with zero attached hydrogens (tertiary/aromatic N) is 2. The number of nitrogen functional groups attached to an aromatic ring is 2. The topological polar surface area (TPSA) is 141 Å². The lowest BCUT2D eigenvalue weighted by Gasteiger charge is -2.03. The van der Waals surface area contributed by atoms with Crippen molar-refractivity contribution in [1.82, 2.24) is 9.97 Å². The molecule has 0 atom stereocenters. The maximum absolute atomic E-state index is 5.77. The Kier molecular flexibility index (Phi) is 6.44. The van der Waals surface area contributed by atoms with Crippen molar-refractivity contribution in [2.75, 3.05) is 11.5 Å². The molecule has 0 unspecified atom stereocenters. The molecule has 142 valence electrons. The summed E-state index contributed by atoms with van der Waals surface area (Å²) in [4.78, 5) is 9.03. The molecule has 5 rings (SSSR count). The molecule has 0 radical (unpaired) electrons. The summed E-state index contributed by atoms with van der Waals surface area (Å²) in [6.45, 7) is 0. The van der Waals surface area contributed by atoms with Gasteiger partial charge in [-0.2, -0.15) is 0 Å². The van der Waals surface area contributed by atoms with Crippen LogP contribution in [0.4, 0.5) is 11.4 Å². The Balaban J connectivity index is 0.000000189. The SMILES string of the molecule is Nc1cccc2c(N)cccc12.O.O.c1ccc2nc3ccccc3nc2c1. The summed E-state index contributed by atoms with van der Waals surface area (Å²) in [5.74, 6) is 0. The first-order valence-corrected chi connectivity index (χ1v) is 8.36. The Labute approximate surface area is 162 Å². The van der Waals surface area contributed by atoms with Crippen molar-refractivity contribution in [2.45, 2.75) is 0 Å². The number of aromatic nitrogens is 2. The van der Waals surface area contributed by atoms with Gasteiger partial charge in [-0.25, -0.2) is 9.97 Å². The molecular weight excluding hydrogens is 352 g/mol. The molecule has 1 aromatic heterocycles. The third-order valence-electron chi connectivity index (χ3n) is 4.23. The van der Waals surface area contributed by atoms with Gasteiger partial charge in [0.15, 0.2) is 0 Å². The molecule has 8 N–H and O–H groups in total. The van der Waals surface area contributed by atoms with Gasteiger partial charge in [0.25, 0.3) is 0 Å². The first kappa shape index (κ1) is 20.6. The zero-order valence-corrected chi connectivity index (χ0v) is 15.1. The fourth-order valence-electron chi connectivity index (χ4n) is 2.92. The Morgan fingerprint density at radius 2 is 0.750 bits per heavy atom. The highest BCUT2D eigenvalue weighted by atomic mass is 16.0. The molecule has 0 spiro atoms. The molecule has 6 nitrogen and oxygen atoms in total. The van der Waals surface area contributed by atoms with Crippen molar-refractivity contribution in [3.8, 4) is 0 Å². The number of fused-ring (bicyclic) bond motifs is 3. The summed E-state index contributed by atoms with van der Waals surface area (Å²) in [5.41, 5.74) is 16.9. The van der Waals surface area contributed by atoms with E-state index in [4.69, 9.17) is 11.5 Å². The number of anilines is 2. The Hall–Kier alpha value is -3.74. The summed E-state index contributed by atoms with van der Waals surface area (Å²) < 4.78 is 0. The van der Waals surface area contributed by atoms with E-state index in [1.807, 2.05) is 84.9 Å². The van der Waals surface area contributed by atoms with Crippen LogP contribution in [-0.4, -0.2) is 20.9 Å². The minimum atomic E-state index is 0. The van der Waals surface area contributed by atoms with Crippen LogP contribution >= 0.6 is 0 Å².